The van der Waals surface area contributed by atoms with Crippen molar-refractivity contribution in [3.05, 3.63) is 35.9 Å². The highest BCUT2D eigenvalue weighted by Gasteiger charge is 2.19. The molecule has 0 saturated heterocycles. The average Bonchev–Trinajstić information content (AvgIpc) is 2.24. The smallest absolute Gasteiger partial charge is 0.165 e. The summed E-state index contributed by atoms with van der Waals surface area (Å²) in [5.74, 6) is 0.712. The van der Waals surface area contributed by atoms with Crippen LogP contribution in [-0.2, 0) is 10.8 Å². The topological polar surface area (TPSA) is 9.23 Å². The van der Waals surface area contributed by atoms with Crippen LogP contribution in [0.4, 0.5) is 0 Å². The van der Waals surface area contributed by atoms with E-state index < -0.39 is 9.76 Å². The van der Waals surface area contributed by atoms with E-state index in [0.717, 1.165) is 5.54 Å². The van der Waals surface area contributed by atoms with Crippen molar-refractivity contribution >= 4 is 9.76 Å². The van der Waals surface area contributed by atoms with E-state index in [2.05, 4.69) is 65.0 Å². The van der Waals surface area contributed by atoms with Crippen LogP contribution in [0.15, 0.2) is 30.3 Å². The van der Waals surface area contributed by atoms with E-state index >= 15 is 0 Å². The van der Waals surface area contributed by atoms with Gasteiger partial charge in [0.1, 0.15) is 0 Å². The Kier molecular flexibility index (Phi) is 5.41. The molecule has 0 fully saturated rings. The first kappa shape index (κ1) is 14.5. The summed E-state index contributed by atoms with van der Waals surface area (Å²) in [6, 6.07) is 10.8. The monoisotopic (exact) mass is 250 g/mol. The highest BCUT2D eigenvalue weighted by Crippen LogP contribution is 2.24. The quantitative estimate of drug-likeness (QED) is 0.726. The molecule has 1 aromatic rings. The van der Waals surface area contributed by atoms with Crippen molar-refractivity contribution < 1.29 is 4.43 Å². The van der Waals surface area contributed by atoms with Crippen molar-refractivity contribution in [2.24, 2.45) is 5.92 Å². The van der Waals surface area contributed by atoms with E-state index in [-0.39, 0.29) is 5.60 Å². The van der Waals surface area contributed by atoms with Crippen molar-refractivity contribution in [3.63, 3.8) is 0 Å². The first-order valence-electron chi connectivity index (χ1n) is 6.56. The minimum atomic E-state index is -0.470. The minimum absolute atomic E-state index is 0.0239. The number of hydrogen-bond acceptors (Lipinski definition) is 1. The number of rotatable bonds is 5. The maximum atomic E-state index is 6.06. The first-order valence-corrected chi connectivity index (χ1v) is 7.96. The predicted octanol–water partition coefficient (Wildman–Crippen LogP) is 3.57. The van der Waals surface area contributed by atoms with E-state index in [9.17, 15) is 0 Å². The largest absolute Gasteiger partial charge is 0.419 e. The Morgan fingerprint density at radius 1 is 1.12 bits per heavy atom. The molecule has 96 valence electrons. The third-order valence-corrected chi connectivity index (χ3v) is 5.71. The summed E-state index contributed by atoms with van der Waals surface area (Å²) in [7, 11) is -0.470. The molecule has 1 rings (SSSR count). The molecule has 0 aromatic heterocycles. The Morgan fingerprint density at radius 2 is 1.71 bits per heavy atom. The van der Waals surface area contributed by atoms with Crippen LogP contribution in [0.1, 0.15) is 40.2 Å². The maximum absolute atomic E-state index is 6.06. The fourth-order valence-corrected chi connectivity index (χ4v) is 3.31. The maximum Gasteiger partial charge on any atom is 0.165 e. The van der Waals surface area contributed by atoms with Gasteiger partial charge in [0.2, 0.25) is 0 Å². The van der Waals surface area contributed by atoms with Crippen LogP contribution in [0, 0.1) is 5.92 Å². The van der Waals surface area contributed by atoms with Crippen molar-refractivity contribution in [2.45, 2.75) is 52.2 Å². The molecule has 1 atom stereocenters. The lowest BCUT2D eigenvalue weighted by atomic mass is 10.0. The van der Waals surface area contributed by atoms with Gasteiger partial charge >= 0.3 is 0 Å². The molecule has 1 nitrogen and oxygen atoms in total. The Morgan fingerprint density at radius 3 is 2.18 bits per heavy atom. The molecule has 17 heavy (non-hydrogen) atoms. The Bertz CT molecular complexity index is 313. The van der Waals surface area contributed by atoms with Gasteiger partial charge < -0.3 is 4.43 Å². The van der Waals surface area contributed by atoms with Crippen LogP contribution in [-0.4, -0.2) is 15.4 Å². The highest BCUT2D eigenvalue weighted by molar-refractivity contribution is 6.29. The fourth-order valence-electron chi connectivity index (χ4n) is 1.76. The molecule has 1 aromatic carbocycles. The molecular weight excluding hydrogens is 224 g/mol. The van der Waals surface area contributed by atoms with Gasteiger partial charge in [-0.3, -0.25) is 0 Å². The average molecular weight is 250 g/mol. The molecule has 0 N–H and O–H groups in total. The number of hydrogen-bond donors (Lipinski definition) is 0. The van der Waals surface area contributed by atoms with Gasteiger partial charge in [0.15, 0.2) is 9.76 Å². The Hall–Kier alpha value is -0.603. The van der Waals surface area contributed by atoms with Gasteiger partial charge in [0.25, 0.3) is 0 Å². The highest BCUT2D eigenvalue weighted by atomic mass is 28.2. The summed E-state index contributed by atoms with van der Waals surface area (Å²) in [5.41, 5.74) is 2.20. The van der Waals surface area contributed by atoms with Gasteiger partial charge in [-0.2, -0.15) is 0 Å². The first-order chi connectivity index (χ1) is 7.88. The second kappa shape index (κ2) is 6.36. The molecule has 0 aliphatic rings. The molecule has 0 heterocycles. The third-order valence-electron chi connectivity index (χ3n) is 3.01. The zero-order valence-electron chi connectivity index (χ0n) is 11.9. The summed E-state index contributed by atoms with van der Waals surface area (Å²) in [4.78, 5) is 0. The molecule has 0 radical (unpaired) electrons. The van der Waals surface area contributed by atoms with Gasteiger partial charge in [-0.25, -0.2) is 0 Å². The lowest BCUT2D eigenvalue weighted by molar-refractivity contribution is 0.133. The molecule has 1 unspecified atom stereocenters. The van der Waals surface area contributed by atoms with Gasteiger partial charge in [0.05, 0.1) is 0 Å². The molecular formula is C15H26OSi. The summed E-state index contributed by atoms with van der Waals surface area (Å²) in [6.45, 7) is 11.1. The Labute approximate surface area is 109 Å². The van der Waals surface area contributed by atoms with E-state index in [4.69, 9.17) is 4.43 Å². The summed E-state index contributed by atoms with van der Waals surface area (Å²) in [6.07, 6.45) is 1.17. The molecule has 0 spiro atoms. The van der Waals surface area contributed by atoms with Gasteiger partial charge in [-0.1, -0.05) is 44.2 Å². The van der Waals surface area contributed by atoms with Crippen molar-refractivity contribution in [3.8, 4) is 0 Å². The number of benzene rings is 1. The van der Waals surface area contributed by atoms with Crippen LogP contribution < -0.4 is 0 Å². The molecule has 0 aliphatic heterocycles. The van der Waals surface area contributed by atoms with E-state index in [0.29, 0.717) is 5.92 Å². The molecule has 0 saturated carbocycles. The van der Waals surface area contributed by atoms with E-state index in [1.54, 1.807) is 0 Å². The van der Waals surface area contributed by atoms with Crippen LogP contribution in [0.3, 0.4) is 0 Å². The Balaban J connectivity index is 2.55. The van der Waals surface area contributed by atoms with Gasteiger partial charge in [-0.05, 0) is 44.2 Å². The molecule has 0 aliphatic carbocycles. The van der Waals surface area contributed by atoms with Crippen molar-refractivity contribution in [2.75, 3.05) is 0 Å². The van der Waals surface area contributed by atoms with E-state index in [1.165, 1.54) is 12.0 Å². The normalized spacial score (nSPS) is 14.7. The molecule has 0 bridgehead atoms. The summed E-state index contributed by atoms with van der Waals surface area (Å²) >= 11 is 0. The zero-order chi connectivity index (χ0) is 12.9. The second-order valence-electron chi connectivity index (χ2n) is 6.12. The standard InChI is InChI=1S/C15H26OSi/c1-12(2)14(17-16-15(3,4)5)11-13-9-7-6-8-10-13/h6-10,12,14H,11,17H2,1-5H3. The summed E-state index contributed by atoms with van der Waals surface area (Å²) in [5, 5.41) is 0. The molecule has 2 heteroatoms. The predicted molar refractivity (Wildman–Crippen MR) is 78.1 cm³/mol. The van der Waals surface area contributed by atoms with Crippen LogP contribution in [0.25, 0.3) is 0 Å². The zero-order valence-corrected chi connectivity index (χ0v) is 13.3. The summed E-state index contributed by atoms with van der Waals surface area (Å²) < 4.78 is 6.06. The SMILES string of the molecule is CC(C)C(Cc1ccccc1)[SiH2]OC(C)(C)C. The van der Waals surface area contributed by atoms with Crippen LogP contribution in [0.2, 0.25) is 5.54 Å². The van der Waals surface area contributed by atoms with E-state index in [1.807, 2.05) is 0 Å². The minimum Gasteiger partial charge on any atom is -0.419 e. The van der Waals surface area contributed by atoms with Gasteiger partial charge in [-0.15, -0.1) is 0 Å². The van der Waals surface area contributed by atoms with Crippen molar-refractivity contribution in [1.82, 2.24) is 0 Å². The fraction of sp³-hybridized carbons (Fsp3) is 0.600. The van der Waals surface area contributed by atoms with Crippen LogP contribution >= 0.6 is 0 Å². The van der Waals surface area contributed by atoms with Gasteiger partial charge in [0, 0.05) is 5.60 Å². The van der Waals surface area contributed by atoms with Crippen LogP contribution in [0.5, 0.6) is 0 Å². The third kappa shape index (κ3) is 6.04. The lowest BCUT2D eigenvalue weighted by Crippen LogP contribution is -2.26. The van der Waals surface area contributed by atoms with Crippen molar-refractivity contribution in [1.29, 1.82) is 0 Å². The second-order valence-corrected chi connectivity index (χ2v) is 7.79. The molecule has 0 amide bonds. The lowest BCUT2D eigenvalue weighted by Gasteiger charge is -2.26.